The van der Waals surface area contributed by atoms with Crippen LogP contribution in [0, 0.1) is 0 Å². The molecule has 3 nitrogen and oxygen atoms in total. The Morgan fingerprint density at radius 1 is 1.33 bits per heavy atom. The maximum absolute atomic E-state index is 12.3. The van der Waals surface area contributed by atoms with Gasteiger partial charge < -0.3 is 11.5 Å². The first-order chi connectivity index (χ1) is 6.82. The normalized spacial score (nSPS) is 13.6. The first-order valence-electron chi connectivity index (χ1n) is 4.04. The average Bonchev–Trinajstić information content (AvgIpc) is 2.15. The van der Waals surface area contributed by atoms with Crippen molar-refractivity contribution in [3.05, 3.63) is 35.4 Å². The van der Waals surface area contributed by atoms with Crippen molar-refractivity contribution in [1.82, 2.24) is 0 Å². The molecule has 1 aromatic carbocycles. The summed E-state index contributed by atoms with van der Waals surface area (Å²) in [4.78, 5) is 10.7. The molecule has 1 atom stereocenters. The number of carbonyl (C=O) groups is 1. The molecular weight excluding hydrogens is 209 g/mol. The van der Waals surface area contributed by atoms with Gasteiger partial charge in [0.25, 0.3) is 0 Å². The second-order valence-corrected chi connectivity index (χ2v) is 3.00. The molecule has 0 radical (unpaired) electrons. The summed E-state index contributed by atoms with van der Waals surface area (Å²) < 4.78 is 36.8. The first kappa shape index (κ1) is 11.5. The molecule has 0 heterocycles. The number of hydrogen-bond donors (Lipinski definition) is 2. The standard InChI is InChI=1S/C9H9F3N2O/c10-9(11,12)6-3-1-2-5(4-6)7(13)8(14)15/h1-4,7H,13H2,(H2,14,15)/t7-/m1/s1. The van der Waals surface area contributed by atoms with Crippen molar-refractivity contribution in [3.63, 3.8) is 0 Å². The van der Waals surface area contributed by atoms with E-state index in [2.05, 4.69) is 0 Å². The molecule has 0 saturated heterocycles. The van der Waals surface area contributed by atoms with E-state index in [0.29, 0.717) is 0 Å². The van der Waals surface area contributed by atoms with Gasteiger partial charge in [-0.25, -0.2) is 0 Å². The Balaban J connectivity index is 3.08. The van der Waals surface area contributed by atoms with Crippen LogP contribution in [0.2, 0.25) is 0 Å². The minimum atomic E-state index is -4.45. The number of amides is 1. The lowest BCUT2D eigenvalue weighted by molar-refractivity contribution is -0.137. The SMILES string of the molecule is NC(=O)[C@H](N)c1cccc(C(F)(F)F)c1. The van der Waals surface area contributed by atoms with E-state index in [1.165, 1.54) is 12.1 Å². The molecule has 1 amide bonds. The van der Waals surface area contributed by atoms with Crippen LogP contribution in [0.4, 0.5) is 13.2 Å². The monoisotopic (exact) mass is 218 g/mol. The summed E-state index contributed by atoms with van der Waals surface area (Å²) in [6.45, 7) is 0. The maximum atomic E-state index is 12.3. The van der Waals surface area contributed by atoms with Crippen LogP contribution in [0.5, 0.6) is 0 Å². The van der Waals surface area contributed by atoms with Crippen molar-refractivity contribution < 1.29 is 18.0 Å². The van der Waals surface area contributed by atoms with Crippen LogP contribution < -0.4 is 11.5 Å². The zero-order valence-corrected chi connectivity index (χ0v) is 7.58. The van der Waals surface area contributed by atoms with Crippen molar-refractivity contribution in [2.75, 3.05) is 0 Å². The lowest BCUT2D eigenvalue weighted by Gasteiger charge is -2.11. The van der Waals surface area contributed by atoms with E-state index >= 15 is 0 Å². The molecule has 0 aliphatic rings. The number of rotatable bonds is 2. The molecule has 82 valence electrons. The highest BCUT2D eigenvalue weighted by atomic mass is 19.4. The summed E-state index contributed by atoms with van der Waals surface area (Å²) in [6.07, 6.45) is -4.45. The Hall–Kier alpha value is -1.56. The van der Waals surface area contributed by atoms with Gasteiger partial charge >= 0.3 is 6.18 Å². The van der Waals surface area contributed by atoms with Gasteiger partial charge in [-0.2, -0.15) is 13.2 Å². The number of halogens is 3. The van der Waals surface area contributed by atoms with Gasteiger partial charge in [0.15, 0.2) is 0 Å². The quantitative estimate of drug-likeness (QED) is 0.782. The Morgan fingerprint density at radius 2 is 1.93 bits per heavy atom. The highest BCUT2D eigenvalue weighted by Gasteiger charge is 2.31. The Kier molecular flexibility index (Phi) is 2.99. The zero-order chi connectivity index (χ0) is 11.6. The van der Waals surface area contributed by atoms with E-state index in [1.807, 2.05) is 0 Å². The fourth-order valence-electron chi connectivity index (χ4n) is 1.07. The number of hydrogen-bond acceptors (Lipinski definition) is 2. The van der Waals surface area contributed by atoms with Crippen LogP contribution in [0.1, 0.15) is 17.2 Å². The van der Waals surface area contributed by atoms with E-state index in [-0.39, 0.29) is 5.56 Å². The third-order valence-electron chi connectivity index (χ3n) is 1.88. The number of nitrogens with two attached hydrogens (primary N) is 2. The van der Waals surface area contributed by atoms with Crippen molar-refractivity contribution in [1.29, 1.82) is 0 Å². The fraction of sp³-hybridized carbons (Fsp3) is 0.222. The van der Waals surface area contributed by atoms with E-state index in [9.17, 15) is 18.0 Å². The van der Waals surface area contributed by atoms with Crippen LogP contribution in [-0.2, 0) is 11.0 Å². The summed E-state index contributed by atoms with van der Waals surface area (Å²) in [5, 5.41) is 0. The molecule has 1 rings (SSSR count). The number of primary amides is 1. The predicted octanol–water partition coefficient (Wildman–Crippen LogP) is 1.19. The van der Waals surface area contributed by atoms with Crippen molar-refractivity contribution in [2.24, 2.45) is 11.5 Å². The van der Waals surface area contributed by atoms with Gasteiger partial charge in [-0.1, -0.05) is 12.1 Å². The van der Waals surface area contributed by atoms with E-state index in [4.69, 9.17) is 11.5 Å². The second-order valence-electron chi connectivity index (χ2n) is 3.00. The molecular formula is C9H9F3N2O. The largest absolute Gasteiger partial charge is 0.416 e. The van der Waals surface area contributed by atoms with Crippen molar-refractivity contribution in [2.45, 2.75) is 12.2 Å². The maximum Gasteiger partial charge on any atom is 0.416 e. The van der Waals surface area contributed by atoms with Gasteiger partial charge in [0.2, 0.25) is 5.91 Å². The molecule has 0 aliphatic heterocycles. The summed E-state index contributed by atoms with van der Waals surface area (Å²) in [5.74, 6) is -0.866. The molecule has 4 N–H and O–H groups in total. The average molecular weight is 218 g/mol. The van der Waals surface area contributed by atoms with Crippen molar-refractivity contribution >= 4 is 5.91 Å². The molecule has 0 spiro atoms. The van der Waals surface area contributed by atoms with Gasteiger partial charge in [-0.05, 0) is 17.7 Å². The zero-order valence-electron chi connectivity index (χ0n) is 7.58. The molecule has 0 fully saturated rings. The highest BCUT2D eigenvalue weighted by Crippen LogP contribution is 2.30. The van der Waals surface area contributed by atoms with Crippen LogP contribution in [0.15, 0.2) is 24.3 Å². The lowest BCUT2D eigenvalue weighted by Crippen LogP contribution is -2.28. The summed E-state index contributed by atoms with van der Waals surface area (Å²) in [7, 11) is 0. The molecule has 0 bridgehead atoms. The van der Waals surface area contributed by atoms with Crippen LogP contribution in [-0.4, -0.2) is 5.91 Å². The van der Waals surface area contributed by atoms with Gasteiger partial charge in [0.05, 0.1) is 5.56 Å². The molecule has 0 aliphatic carbocycles. The van der Waals surface area contributed by atoms with Gasteiger partial charge in [0.1, 0.15) is 6.04 Å². The third-order valence-corrected chi connectivity index (χ3v) is 1.88. The van der Waals surface area contributed by atoms with Crippen LogP contribution in [0.3, 0.4) is 0 Å². The molecule has 0 aromatic heterocycles. The minimum absolute atomic E-state index is 0.0531. The fourth-order valence-corrected chi connectivity index (χ4v) is 1.07. The Morgan fingerprint density at radius 3 is 2.40 bits per heavy atom. The third kappa shape index (κ3) is 2.69. The number of carbonyl (C=O) groups excluding carboxylic acids is 1. The van der Waals surface area contributed by atoms with Gasteiger partial charge in [0, 0.05) is 0 Å². The van der Waals surface area contributed by atoms with E-state index in [0.717, 1.165) is 12.1 Å². The minimum Gasteiger partial charge on any atom is -0.368 e. The van der Waals surface area contributed by atoms with Gasteiger partial charge in [-0.3, -0.25) is 4.79 Å². The summed E-state index contributed by atoms with van der Waals surface area (Å²) >= 11 is 0. The molecule has 15 heavy (non-hydrogen) atoms. The smallest absolute Gasteiger partial charge is 0.368 e. The lowest BCUT2D eigenvalue weighted by atomic mass is 10.0. The molecule has 0 unspecified atom stereocenters. The van der Waals surface area contributed by atoms with Crippen LogP contribution >= 0.6 is 0 Å². The first-order valence-corrected chi connectivity index (χ1v) is 4.04. The molecule has 0 saturated carbocycles. The summed E-state index contributed by atoms with van der Waals surface area (Å²) in [5.41, 5.74) is 9.39. The molecule has 1 aromatic rings. The highest BCUT2D eigenvalue weighted by molar-refractivity contribution is 5.81. The molecule has 6 heteroatoms. The second kappa shape index (κ2) is 3.90. The van der Waals surface area contributed by atoms with Crippen LogP contribution in [0.25, 0.3) is 0 Å². The predicted molar refractivity (Wildman–Crippen MR) is 47.6 cm³/mol. The van der Waals surface area contributed by atoms with Gasteiger partial charge in [-0.15, -0.1) is 0 Å². The number of benzene rings is 1. The topological polar surface area (TPSA) is 69.1 Å². The van der Waals surface area contributed by atoms with Crippen molar-refractivity contribution in [3.8, 4) is 0 Å². The number of alkyl halides is 3. The summed E-state index contributed by atoms with van der Waals surface area (Å²) in [6, 6.07) is 3.01. The van der Waals surface area contributed by atoms with E-state index in [1.54, 1.807) is 0 Å². The Bertz CT molecular complexity index is 376. The Labute approximate surface area is 83.9 Å². The van der Waals surface area contributed by atoms with E-state index < -0.39 is 23.7 Å².